The zero-order valence-corrected chi connectivity index (χ0v) is 10.3. The van der Waals surface area contributed by atoms with Gasteiger partial charge in [0.2, 0.25) is 5.88 Å². The highest BCUT2D eigenvalue weighted by Gasteiger charge is 2.33. The molecule has 17 heavy (non-hydrogen) atoms. The Balaban J connectivity index is 3.16. The molecule has 92 valence electrons. The largest absolute Gasteiger partial charge is 0.574 e. The van der Waals surface area contributed by atoms with Crippen LogP contribution < -0.4 is 4.74 Å². The lowest BCUT2D eigenvalue weighted by molar-refractivity contribution is -0.276. The molecule has 0 aliphatic heterocycles. The zero-order valence-electron chi connectivity index (χ0n) is 8.18. The summed E-state index contributed by atoms with van der Waals surface area (Å²) in [6.45, 7) is -0.980. The predicted octanol–water partition coefficient (Wildman–Crippen LogP) is 3.12. The van der Waals surface area contributed by atoms with Gasteiger partial charge in [0.15, 0.2) is 0 Å². The fourth-order valence-corrected chi connectivity index (χ4v) is 1.84. The van der Waals surface area contributed by atoms with Gasteiger partial charge in [0, 0.05) is 11.8 Å². The minimum atomic E-state index is -4.88. The number of rotatable bonds is 3. The van der Waals surface area contributed by atoms with E-state index in [9.17, 15) is 17.6 Å². The second kappa shape index (κ2) is 5.48. The second-order valence-corrected chi connectivity index (χ2v) is 3.98. The number of nitrogens with zero attached hydrogens (tertiary/aromatic N) is 2. The third-order valence-electron chi connectivity index (χ3n) is 1.79. The van der Waals surface area contributed by atoms with E-state index in [1.54, 1.807) is 6.07 Å². The summed E-state index contributed by atoms with van der Waals surface area (Å²) in [5.74, 6) is -0.701. The molecule has 8 heteroatoms. The maximum Gasteiger partial charge on any atom is 0.574 e. The minimum Gasteiger partial charge on any atom is -0.387 e. The molecule has 0 N–H and O–H groups in total. The van der Waals surface area contributed by atoms with Gasteiger partial charge in [-0.05, 0) is 28.2 Å². The van der Waals surface area contributed by atoms with Crippen LogP contribution in [-0.4, -0.2) is 11.3 Å². The number of nitriles is 1. The first-order chi connectivity index (χ1) is 7.89. The van der Waals surface area contributed by atoms with Crippen molar-refractivity contribution in [3.63, 3.8) is 0 Å². The first-order valence-corrected chi connectivity index (χ1v) is 5.31. The van der Waals surface area contributed by atoms with Crippen LogP contribution in [0.25, 0.3) is 0 Å². The molecule has 0 saturated heterocycles. The van der Waals surface area contributed by atoms with E-state index >= 15 is 0 Å². The molecule has 0 bridgehead atoms. The van der Waals surface area contributed by atoms with E-state index < -0.39 is 18.9 Å². The van der Waals surface area contributed by atoms with Crippen LogP contribution in [0, 0.1) is 14.9 Å². The van der Waals surface area contributed by atoms with E-state index in [1.165, 1.54) is 22.6 Å². The number of aromatic nitrogens is 1. The standard InChI is InChI=1S/C9H5F4IN2O/c10-3-6-5(1-2-15)4-16-8(7(6)14)17-9(11,12)13/h4H,1,3H2. The fraction of sp³-hybridized carbons (Fsp3) is 0.333. The number of ether oxygens (including phenoxy) is 1. The molecule has 1 heterocycles. The van der Waals surface area contributed by atoms with E-state index in [-0.39, 0.29) is 21.1 Å². The van der Waals surface area contributed by atoms with Gasteiger partial charge in [-0.1, -0.05) is 0 Å². The van der Waals surface area contributed by atoms with Crippen LogP contribution in [0.1, 0.15) is 11.1 Å². The van der Waals surface area contributed by atoms with Crippen LogP contribution in [0.3, 0.4) is 0 Å². The monoisotopic (exact) mass is 360 g/mol. The molecule has 1 rings (SSSR count). The van der Waals surface area contributed by atoms with Crippen LogP contribution in [0.4, 0.5) is 17.6 Å². The van der Waals surface area contributed by atoms with Crippen molar-refractivity contribution in [1.29, 1.82) is 5.26 Å². The Morgan fingerprint density at radius 1 is 1.47 bits per heavy atom. The zero-order chi connectivity index (χ0) is 13.1. The number of halogens is 5. The lowest BCUT2D eigenvalue weighted by atomic mass is 10.1. The minimum absolute atomic E-state index is 0.00130. The maximum atomic E-state index is 12.7. The molecule has 0 spiro atoms. The normalized spacial score (nSPS) is 11.1. The Labute approximate surface area is 108 Å². The molecule has 1 aromatic rings. The summed E-state index contributed by atoms with van der Waals surface area (Å²) < 4.78 is 52.3. The first kappa shape index (κ1) is 14.0. The Bertz CT molecular complexity index is 456. The van der Waals surface area contributed by atoms with Gasteiger partial charge >= 0.3 is 6.36 Å². The van der Waals surface area contributed by atoms with Gasteiger partial charge in [-0.25, -0.2) is 9.37 Å². The molecule has 0 fully saturated rings. The highest BCUT2D eigenvalue weighted by Crippen LogP contribution is 2.30. The van der Waals surface area contributed by atoms with Gasteiger partial charge in [-0.2, -0.15) is 5.26 Å². The molecule has 3 nitrogen and oxygen atoms in total. The van der Waals surface area contributed by atoms with Gasteiger partial charge in [0.05, 0.1) is 16.1 Å². The third kappa shape index (κ3) is 3.69. The number of hydrogen-bond donors (Lipinski definition) is 0. The molecule has 0 unspecified atom stereocenters. The highest BCUT2D eigenvalue weighted by molar-refractivity contribution is 14.1. The van der Waals surface area contributed by atoms with Crippen LogP contribution in [0.15, 0.2) is 6.20 Å². The average Bonchev–Trinajstić information content (AvgIpc) is 2.21. The van der Waals surface area contributed by atoms with Crippen molar-refractivity contribution in [1.82, 2.24) is 4.98 Å². The average molecular weight is 360 g/mol. The quantitative estimate of drug-likeness (QED) is 0.615. The van der Waals surface area contributed by atoms with Crippen molar-refractivity contribution in [2.45, 2.75) is 19.5 Å². The molecule has 0 radical (unpaired) electrons. The fourth-order valence-electron chi connectivity index (χ4n) is 1.10. The Kier molecular flexibility index (Phi) is 4.50. The van der Waals surface area contributed by atoms with Gasteiger partial charge in [-0.15, -0.1) is 13.2 Å². The topological polar surface area (TPSA) is 45.9 Å². The lowest BCUT2D eigenvalue weighted by Gasteiger charge is -2.12. The van der Waals surface area contributed by atoms with Crippen molar-refractivity contribution in [2.75, 3.05) is 0 Å². The summed E-state index contributed by atoms with van der Waals surface area (Å²) in [6, 6.07) is 1.78. The van der Waals surface area contributed by atoms with Crippen LogP contribution in [0.2, 0.25) is 0 Å². The molecule has 0 aliphatic rings. The van der Waals surface area contributed by atoms with Crippen LogP contribution >= 0.6 is 22.6 Å². The van der Waals surface area contributed by atoms with Gasteiger partial charge < -0.3 is 4.74 Å². The van der Waals surface area contributed by atoms with Crippen molar-refractivity contribution >= 4 is 22.6 Å². The summed E-state index contributed by atoms with van der Waals surface area (Å²) in [5, 5.41) is 8.47. The van der Waals surface area contributed by atoms with Crippen molar-refractivity contribution in [3.8, 4) is 11.9 Å². The maximum absolute atomic E-state index is 12.7. The van der Waals surface area contributed by atoms with Crippen LogP contribution in [-0.2, 0) is 13.1 Å². The Morgan fingerprint density at radius 2 is 2.12 bits per heavy atom. The van der Waals surface area contributed by atoms with Gasteiger partial charge in [-0.3, -0.25) is 0 Å². The molecular formula is C9H5F4IN2O. The van der Waals surface area contributed by atoms with Gasteiger partial charge in [0.25, 0.3) is 0 Å². The summed E-state index contributed by atoms with van der Waals surface area (Å²) in [7, 11) is 0. The first-order valence-electron chi connectivity index (χ1n) is 4.24. The van der Waals surface area contributed by atoms with E-state index in [0.717, 1.165) is 6.20 Å². The summed E-state index contributed by atoms with van der Waals surface area (Å²) >= 11 is 1.51. The predicted molar refractivity (Wildman–Crippen MR) is 57.8 cm³/mol. The summed E-state index contributed by atoms with van der Waals surface area (Å²) in [4.78, 5) is 3.42. The van der Waals surface area contributed by atoms with E-state index in [4.69, 9.17) is 5.26 Å². The molecule has 1 aromatic heterocycles. The van der Waals surface area contributed by atoms with Crippen molar-refractivity contribution in [2.24, 2.45) is 0 Å². The lowest BCUT2D eigenvalue weighted by Crippen LogP contribution is -2.19. The van der Waals surface area contributed by atoms with E-state index in [1.807, 2.05) is 0 Å². The van der Waals surface area contributed by atoms with E-state index in [0.29, 0.717) is 0 Å². The van der Waals surface area contributed by atoms with E-state index in [2.05, 4.69) is 9.72 Å². The smallest absolute Gasteiger partial charge is 0.387 e. The number of hydrogen-bond acceptors (Lipinski definition) is 3. The number of alkyl halides is 4. The third-order valence-corrected chi connectivity index (χ3v) is 2.91. The van der Waals surface area contributed by atoms with Crippen molar-refractivity contribution < 1.29 is 22.3 Å². The Morgan fingerprint density at radius 3 is 2.59 bits per heavy atom. The van der Waals surface area contributed by atoms with Crippen LogP contribution in [0.5, 0.6) is 5.88 Å². The number of pyridine rings is 1. The second-order valence-electron chi connectivity index (χ2n) is 2.90. The summed E-state index contributed by atoms with van der Waals surface area (Å²) in [5.41, 5.74) is 0.260. The van der Waals surface area contributed by atoms with Crippen molar-refractivity contribution in [3.05, 3.63) is 20.9 Å². The SMILES string of the molecule is N#CCc1cnc(OC(F)(F)F)c(I)c1CF. The molecule has 0 aliphatic carbocycles. The molecular weight excluding hydrogens is 355 g/mol. The van der Waals surface area contributed by atoms with Gasteiger partial charge in [0.1, 0.15) is 6.67 Å². The summed E-state index contributed by atoms with van der Waals surface area (Å²) in [6.07, 6.45) is -3.98. The highest BCUT2D eigenvalue weighted by atomic mass is 127. The molecule has 0 saturated carbocycles. The Hall–Kier alpha value is -1.11. The molecule has 0 amide bonds. The molecule has 0 aromatic carbocycles. The molecule has 0 atom stereocenters.